The lowest BCUT2D eigenvalue weighted by molar-refractivity contribution is -0.123. The van der Waals surface area contributed by atoms with Gasteiger partial charge in [-0.1, -0.05) is 0 Å². The Morgan fingerprint density at radius 2 is 2.40 bits per heavy atom. The molecule has 1 aliphatic rings. The van der Waals surface area contributed by atoms with Crippen LogP contribution < -0.4 is 5.32 Å². The Bertz CT molecular complexity index is 53.9. The van der Waals surface area contributed by atoms with Crippen LogP contribution in [0.1, 0.15) is 6.42 Å². The van der Waals surface area contributed by atoms with Crippen molar-refractivity contribution in [3.05, 3.63) is 6.54 Å². The molecule has 1 saturated heterocycles. The topological polar surface area (TPSA) is 29.1 Å². The van der Waals surface area contributed by atoms with E-state index in [1.54, 1.807) is 6.54 Å². The summed E-state index contributed by atoms with van der Waals surface area (Å²) >= 11 is 0. The summed E-state index contributed by atoms with van der Waals surface area (Å²) in [6, 6.07) is 0. The monoisotopic (exact) mass is 70.0 g/mol. The second kappa shape index (κ2) is 0.708. The highest BCUT2D eigenvalue weighted by molar-refractivity contribution is 5.83. The summed E-state index contributed by atoms with van der Waals surface area (Å²) in [6.07, 6.45) is 0.611. The van der Waals surface area contributed by atoms with Crippen LogP contribution in [0.15, 0.2) is 0 Å². The van der Waals surface area contributed by atoms with Gasteiger partial charge in [0.1, 0.15) is 0 Å². The van der Waals surface area contributed by atoms with E-state index in [1.165, 1.54) is 0 Å². The van der Waals surface area contributed by atoms with Crippen molar-refractivity contribution in [3.8, 4) is 0 Å². The Hall–Kier alpha value is -0.530. The van der Waals surface area contributed by atoms with Crippen LogP contribution in [0.3, 0.4) is 0 Å². The lowest BCUT2D eigenvalue weighted by Crippen LogP contribution is -2.31. The third-order valence-corrected chi connectivity index (χ3v) is 0.551. The van der Waals surface area contributed by atoms with Crippen LogP contribution in [0.2, 0.25) is 0 Å². The van der Waals surface area contributed by atoms with E-state index < -0.39 is 0 Å². The van der Waals surface area contributed by atoms with Gasteiger partial charge in [-0.15, -0.1) is 0 Å². The standard InChI is InChI=1S/C3H4NO/c5-3-1-2-4-3/h2H,1H2,(H,4,5). The summed E-state index contributed by atoms with van der Waals surface area (Å²) in [5.41, 5.74) is 0. The fourth-order valence-corrected chi connectivity index (χ4v) is 0.185. The van der Waals surface area contributed by atoms with E-state index in [-0.39, 0.29) is 5.91 Å². The predicted molar refractivity (Wildman–Crippen MR) is 17.1 cm³/mol. The largest absolute Gasteiger partial charge is 0.351 e. The number of carbonyl (C=O) groups excluding carboxylic acids is 1. The quantitative estimate of drug-likeness (QED) is 0.388. The van der Waals surface area contributed by atoms with E-state index in [4.69, 9.17) is 0 Å². The van der Waals surface area contributed by atoms with Crippen molar-refractivity contribution in [2.24, 2.45) is 0 Å². The molecule has 1 fully saturated rings. The fourth-order valence-electron chi connectivity index (χ4n) is 0.185. The molecule has 0 aliphatic carbocycles. The van der Waals surface area contributed by atoms with Crippen LogP contribution in [0, 0.1) is 6.54 Å². The lowest BCUT2D eigenvalue weighted by Gasteiger charge is -2.09. The number of hydrogen-bond donors (Lipinski definition) is 1. The molecule has 1 amide bonds. The van der Waals surface area contributed by atoms with E-state index in [0.717, 1.165) is 0 Å². The SMILES string of the molecule is O=C1C[CH]N1. The zero-order valence-electron chi connectivity index (χ0n) is 2.69. The molecule has 0 spiro atoms. The Labute approximate surface area is 30.2 Å². The maximum absolute atomic E-state index is 9.76. The van der Waals surface area contributed by atoms with Crippen molar-refractivity contribution in [1.82, 2.24) is 5.32 Å². The number of amides is 1. The molecule has 0 unspecified atom stereocenters. The molecule has 0 atom stereocenters. The van der Waals surface area contributed by atoms with Crippen LogP contribution in [0.4, 0.5) is 0 Å². The highest BCUT2D eigenvalue weighted by Gasteiger charge is 2.08. The molecule has 27 valence electrons. The van der Waals surface area contributed by atoms with Crippen molar-refractivity contribution in [2.45, 2.75) is 6.42 Å². The second-order valence-electron chi connectivity index (χ2n) is 0.976. The predicted octanol–water partition coefficient (Wildman–Crippen LogP) is -0.332. The third kappa shape index (κ3) is 0.251. The molecule has 1 N–H and O–H groups in total. The minimum absolute atomic E-state index is 0.130. The van der Waals surface area contributed by atoms with Gasteiger partial charge in [0, 0.05) is 6.42 Å². The average molecular weight is 70.1 g/mol. The summed E-state index contributed by atoms with van der Waals surface area (Å²) < 4.78 is 0. The smallest absolute Gasteiger partial charge is 0.222 e. The second-order valence-corrected chi connectivity index (χ2v) is 0.976. The van der Waals surface area contributed by atoms with Gasteiger partial charge in [-0.05, 0) is 0 Å². The lowest BCUT2D eigenvalue weighted by atomic mass is 10.3. The molecule has 5 heavy (non-hydrogen) atoms. The summed E-state index contributed by atoms with van der Waals surface area (Å²) in [4.78, 5) is 9.76. The normalized spacial score (nSPS) is 20.4. The minimum atomic E-state index is 0.130. The molecule has 0 aromatic heterocycles. The number of rotatable bonds is 0. The van der Waals surface area contributed by atoms with E-state index in [0.29, 0.717) is 6.42 Å². The van der Waals surface area contributed by atoms with Gasteiger partial charge in [0.05, 0.1) is 6.54 Å². The van der Waals surface area contributed by atoms with Crippen LogP contribution in [0.25, 0.3) is 0 Å². The van der Waals surface area contributed by atoms with Crippen LogP contribution in [-0.2, 0) is 4.79 Å². The first-order chi connectivity index (χ1) is 2.39. The molecule has 0 aromatic carbocycles. The molecule has 0 saturated carbocycles. The number of nitrogens with one attached hydrogen (secondary N) is 1. The van der Waals surface area contributed by atoms with Gasteiger partial charge in [0.2, 0.25) is 5.91 Å². The first-order valence-electron chi connectivity index (χ1n) is 1.50. The summed E-state index contributed by atoms with van der Waals surface area (Å²) in [5, 5.41) is 2.44. The van der Waals surface area contributed by atoms with E-state index in [2.05, 4.69) is 5.32 Å². The summed E-state index contributed by atoms with van der Waals surface area (Å²) in [6.45, 7) is 1.72. The zero-order chi connectivity index (χ0) is 3.70. The Balaban J connectivity index is 2.32. The van der Waals surface area contributed by atoms with Crippen molar-refractivity contribution < 1.29 is 4.79 Å². The summed E-state index contributed by atoms with van der Waals surface area (Å²) in [5.74, 6) is 0.130. The average Bonchev–Trinajstić information content (AvgIpc) is 1.30. The molecule has 1 aliphatic heterocycles. The molecular weight excluding hydrogens is 66.0 g/mol. The molecule has 1 heterocycles. The first kappa shape index (κ1) is 2.69. The molecular formula is C3H4NO. The van der Waals surface area contributed by atoms with E-state index in [9.17, 15) is 4.79 Å². The van der Waals surface area contributed by atoms with Gasteiger partial charge in [-0.25, -0.2) is 0 Å². The van der Waals surface area contributed by atoms with Crippen molar-refractivity contribution >= 4 is 5.91 Å². The zero-order valence-corrected chi connectivity index (χ0v) is 2.69. The van der Waals surface area contributed by atoms with Gasteiger partial charge < -0.3 is 5.32 Å². The van der Waals surface area contributed by atoms with Gasteiger partial charge in [-0.2, -0.15) is 0 Å². The maximum Gasteiger partial charge on any atom is 0.222 e. The van der Waals surface area contributed by atoms with Crippen LogP contribution in [-0.4, -0.2) is 5.91 Å². The molecule has 0 bridgehead atoms. The third-order valence-electron chi connectivity index (χ3n) is 0.551. The highest BCUT2D eigenvalue weighted by Crippen LogP contribution is 1.92. The first-order valence-corrected chi connectivity index (χ1v) is 1.50. The Morgan fingerprint density at radius 3 is 2.40 bits per heavy atom. The highest BCUT2D eigenvalue weighted by atomic mass is 16.2. The van der Waals surface area contributed by atoms with Gasteiger partial charge in [-0.3, -0.25) is 4.79 Å². The van der Waals surface area contributed by atoms with Gasteiger partial charge in [0.25, 0.3) is 0 Å². The van der Waals surface area contributed by atoms with Crippen LogP contribution >= 0.6 is 0 Å². The molecule has 1 radical (unpaired) electrons. The Morgan fingerprint density at radius 1 is 2.00 bits per heavy atom. The van der Waals surface area contributed by atoms with Crippen molar-refractivity contribution in [3.63, 3.8) is 0 Å². The number of carbonyl (C=O) groups is 1. The molecule has 2 nitrogen and oxygen atoms in total. The van der Waals surface area contributed by atoms with E-state index in [1.807, 2.05) is 0 Å². The fraction of sp³-hybridized carbons (Fsp3) is 0.333. The van der Waals surface area contributed by atoms with Crippen molar-refractivity contribution in [2.75, 3.05) is 0 Å². The number of β-lactam (4-membered cyclic amide) rings is 1. The maximum atomic E-state index is 9.76. The van der Waals surface area contributed by atoms with Gasteiger partial charge >= 0.3 is 0 Å². The van der Waals surface area contributed by atoms with Crippen molar-refractivity contribution in [1.29, 1.82) is 0 Å². The summed E-state index contributed by atoms with van der Waals surface area (Å²) in [7, 11) is 0. The molecule has 2 heteroatoms. The molecule has 0 aromatic rings. The minimum Gasteiger partial charge on any atom is -0.351 e. The molecule has 1 rings (SSSR count). The van der Waals surface area contributed by atoms with Gasteiger partial charge in [0.15, 0.2) is 0 Å². The van der Waals surface area contributed by atoms with Crippen LogP contribution in [0.5, 0.6) is 0 Å². The Kier molecular flexibility index (Phi) is 0.381. The number of hydrogen-bond acceptors (Lipinski definition) is 1. The van der Waals surface area contributed by atoms with E-state index >= 15 is 0 Å².